The topological polar surface area (TPSA) is 20.2 Å². The van der Waals surface area contributed by atoms with Crippen molar-refractivity contribution >= 4 is 21.5 Å². The van der Waals surface area contributed by atoms with Crippen LogP contribution in [0.2, 0.25) is 0 Å². The Morgan fingerprint density at radius 1 is 0.476 bits per heavy atom. The second kappa shape index (κ2) is 4.64. The number of aromatic hydroxyl groups is 1. The zero-order valence-electron chi connectivity index (χ0n) is 11.5. The molecule has 1 nitrogen and oxygen atoms in total. The molecule has 0 heterocycles. The van der Waals surface area contributed by atoms with E-state index in [0.29, 0.717) is 5.75 Å². The molecule has 0 radical (unpaired) electrons. The van der Waals surface area contributed by atoms with Crippen molar-refractivity contribution in [1.82, 2.24) is 0 Å². The summed E-state index contributed by atoms with van der Waals surface area (Å²) in [6.07, 6.45) is 0. The van der Waals surface area contributed by atoms with Gasteiger partial charge in [-0.3, -0.25) is 0 Å². The van der Waals surface area contributed by atoms with Gasteiger partial charge in [-0.1, -0.05) is 78.9 Å². The van der Waals surface area contributed by atoms with Gasteiger partial charge in [0.1, 0.15) is 5.75 Å². The van der Waals surface area contributed by atoms with Gasteiger partial charge in [0.15, 0.2) is 0 Å². The summed E-state index contributed by atoms with van der Waals surface area (Å²) in [5, 5.41) is 15.0. The van der Waals surface area contributed by atoms with E-state index in [-0.39, 0.29) is 0 Å². The first-order chi connectivity index (χ1) is 10.4. The van der Waals surface area contributed by atoms with E-state index in [1.54, 1.807) is 0 Å². The van der Waals surface area contributed by atoms with Gasteiger partial charge in [0.25, 0.3) is 0 Å². The molecule has 0 unspecified atom stereocenters. The van der Waals surface area contributed by atoms with Crippen molar-refractivity contribution in [3.63, 3.8) is 0 Å². The van der Waals surface area contributed by atoms with Crippen LogP contribution in [0.5, 0.6) is 5.75 Å². The molecule has 0 aliphatic rings. The molecule has 1 N–H and O–H groups in total. The van der Waals surface area contributed by atoms with E-state index in [4.69, 9.17) is 0 Å². The van der Waals surface area contributed by atoms with E-state index in [0.717, 1.165) is 27.3 Å². The van der Waals surface area contributed by atoms with E-state index >= 15 is 0 Å². The molecule has 1 heteroatoms. The fraction of sp³-hybridized carbons (Fsp3) is 0. The molecule has 0 aromatic heterocycles. The molecule has 0 bridgehead atoms. The predicted octanol–water partition coefficient (Wildman–Crippen LogP) is 5.37. The van der Waals surface area contributed by atoms with Crippen LogP contribution in [0.3, 0.4) is 0 Å². The number of phenols is 1. The maximum atomic E-state index is 10.8. The maximum absolute atomic E-state index is 10.8. The number of benzene rings is 4. The second-order valence-electron chi connectivity index (χ2n) is 5.18. The highest BCUT2D eigenvalue weighted by molar-refractivity contribution is 6.17. The largest absolute Gasteiger partial charge is 0.507 e. The molecule has 0 aliphatic heterocycles. The van der Waals surface area contributed by atoms with Gasteiger partial charge in [0, 0.05) is 10.9 Å². The standard InChI is InChI=1S/C20H14O/c21-20-18-13-7-5-11-16(18)15-10-4-6-12-17(15)19(20)14-8-2-1-3-9-14/h1-13,21H. The Morgan fingerprint density at radius 3 is 1.62 bits per heavy atom. The van der Waals surface area contributed by atoms with Gasteiger partial charge in [-0.05, 0) is 21.7 Å². The van der Waals surface area contributed by atoms with Crippen molar-refractivity contribution < 1.29 is 5.11 Å². The lowest BCUT2D eigenvalue weighted by atomic mass is 9.92. The highest BCUT2D eigenvalue weighted by Crippen LogP contribution is 2.42. The van der Waals surface area contributed by atoms with Gasteiger partial charge in [-0.15, -0.1) is 0 Å². The molecular formula is C20H14O. The van der Waals surface area contributed by atoms with Crippen molar-refractivity contribution in [2.45, 2.75) is 0 Å². The SMILES string of the molecule is Oc1c(-c2ccccc2)c2ccccc2c2ccccc12. The number of hydrogen-bond donors (Lipinski definition) is 1. The zero-order valence-corrected chi connectivity index (χ0v) is 11.5. The second-order valence-corrected chi connectivity index (χ2v) is 5.18. The van der Waals surface area contributed by atoms with Crippen LogP contribution in [-0.4, -0.2) is 5.11 Å². The fourth-order valence-corrected chi connectivity index (χ4v) is 3.02. The summed E-state index contributed by atoms with van der Waals surface area (Å²) in [6, 6.07) is 26.3. The highest BCUT2D eigenvalue weighted by Gasteiger charge is 2.14. The third-order valence-corrected chi connectivity index (χ3v) is 3.97. The summed E-state index contributed by atoms with van der Waals surface area (Å²) >= 11 is 0. The molecule has 4 aromatic rings. The molecule has 0 spiro atoms. The van der Waals surface area contributed by atoms with Crippen LogP contribution in [0.1, 0.15) is 0 Å². The number of fused-ring (bicyclic) bond motifs is 3. The van der Waals surface area contributed by atoms with Crippen LogP contribution in [0.4, 0.5) is 0 Å². The van der Waals surface area contributed by atoms with Crippen molar-refractivity contribution in [2.24, 2.45) is 0 Å². The summed E-state index contributed by atoms with van der Waals surface area (Å²) in [7, 11) is 0. The molecular weight excluding hydrogens is 256 g/mol. The molecule has 0 fully saturated rings. The first-order valence-corrected chi connectivity index (χ1v) is 7.04. The molecule has 4 rings (SSSR count). The summed E-state index contributed by atoms with van der Waals surface area (Å²) in [5.74, 6) is 0.357. The third kappa shape index (κ3) is 1.78. The molecule has 0 saturated heterocycles. The summed E-state index contributed by atoms with van der Waals surface area (Å²) in [6.45, 7) is 0. The lowest BCUT2D eigenvalue weighted by Crippen LogP contribution is -1.86. The number of rotatable bonds is 1. The van der Waals surface area contributed by atoms with E-state index in [1.165, 1.54) is 5.39 Å². The molecule has 100 valence electrons. The predicted molar refractivity (Wildman–Crippen MR) is 88.6 cm³/mol. The number of phenolic OH excluding ortho intramolecular Hbond substituents is 1. The van der Waals surface area contributed by atoms with E-state index in [9.17, 15) is 5.11 Å². The van der Waals surface area contributed by atoms with Gasteiger partial charge < -0.3 is 5.11 Å². The van der Waals surface area contributed by atoms with Gasteiger partial charge in [-0.25, -0.2) is 0 Å². The van der Waals surface area contributed by atoms with Crippen molar-refractivity contribution in [3.8, 4) is 16.9 Å². The monoisotopic (exact) mass is 270 g/mol. The average molecular weight is 270 g/mol. The Balaban J connectivity index is 2.26. The van der Waals surface area contributed by atoms with Crippen LogP contribution in [0.25, 0.3) is 32.7 Å². The quantitative estimate of drug-likeness (QED) is 0.461. The van der Waals surface area contributed by atoms with E-state index in [1.807, 2.05) is 60.7 Å². The van der Waals surface area contributed by atoms with Crippen molar-refractivity contribution in [2.75, 3.05) is 0 Å². The molecule has 0 atom stereocenters. The molecule has 21 heavy (non-hydrogen) atoms. The van der Waals surface area contributed by atoms with Crippen LogP contribution >= 0.6 is 0 Å². The minimum Gasteiger partial charge on any atom is -0.507 e. The summed E-state index contributed by atoms with van der Waals surface area (Å²) in [5.41, 5.74) is 1.95. The van der Waals surface area contributed by atoms with E-state index in [2.05, 4.69) is 18.2 Å². The normalized spacial score (nSPS) is 11.0. The van der Waals surface area contributed by atoms with Gasteiger partial charge in [-0.2, -0.15) is 0 Å². The van der Waals surface area contributed by atoms with Crippen LogP contribution < -0.4 is 0 Å². The molecule has 0 saturated carbocycles. The molecule has 4 aromatic carbocycles. The Hall–Kier alpha value is -2.80. The molecule has 0 amide bonds. The zero-order chi connectivity index (χ0) is 14.2. The lowest BCUT2D eigenvalue weighted by Gasteiger charge is -2.13. The van der Waals surface area contributed by atoms with Gasteiger partial charge >= 0.3 is 0 Å². The minimum absolute atomic E-state index is 0.357. The molecule has 0 aliphatic carbocycles. The average Bonchev–Trinajstić information content (AvgIpc) is 2.56. The van der Waals surface area contributed by atoms with Crippen LogP contribution in [-0.2, 0) is 0 Å². The first kappa shape index (κ1) is 12.0. The number of hydrogen-bond acceptors (Lipinski definition) is 1. The fourth-order valence-electron chi connectivity index (χ4n) is 3.02. The lowest BCUT2D eigenvalue weighted by molar-refractivity contribution is 0.484. The van der Waals surface area contributed by atoms with Crippen LogP contribution in [0, 0.1) is 0 Å². The smallest absolute Gasteiger partial charge is 0.131 e. The summed E-state index contributed by atoms with van der Waals surface area (Å²) < 4.78 is 0. The Labute approximate surface area is 123 Å². The van der Waals surface area contributed by atoms with Crippen molar-refractivity contribution in [1.29, 1.82) is 0 Å². The van der Waals surface area contributed by atoms with Gasteiger partial charge in [0.2, 0.25) is 0 Å². The Morgan fingerprint density at radius 2 is 0.952 bits per heavy atom. The highest BCUT2D eigenvalue weighted by atomic mass is 16.3. The first-order valence-electron chi connectivity index (χ1n) is 7.04. The van der Waals surface area contributed by atoms with Crippen molar-refractivity contribution in [3.05, 3.63) is 78.9 Å². The van der Waals surface area contributed by atoms with Gasteiger partial charge in [0.05, 0.1) is 0 Å². The van der Waals surface area contributed by atoms with E-state index < -0.39 is 0 Å². The Kier molecular flexibility index (Phi) is 2.65. The van der Waals surface area contributed by atoms with Crippen LogP contribution in [0.15, 0.2) is 78.9 Å². The maximum Gasteiger partial charge on any atom is 0.131 e. The minimum atomic E-state index is 0.357. The Bertz CT molecular complexity index is 940. The third-order valence-electron chi connectivity index (χ3n) is 3.97. The summed E-state index contributed by atoms with van der Waals surface area (Å²) in [4.78, 5) is 0.